The maximum Gasteiger partial charge on any atom is 0.0948 e. The fraction of sp³-hybridized carbons (Fsp3) is 0.583. The van der Waals surface area contributed by atoms with E-state index < -0.39 is 0 Å². The molecule has 0 fully saturated rings. The molecule has 82 valence electrons. The fourth-order valence-electron chi connectivity index (χ4n) is 1.47. The molecule has 1 N–H and O–H groups in total. The lowest BCUT2D eigenvalue weighted by Gasteiger charge is -2.07. The van der Waals surface area contributed by atoms with Crippen LogP contribution in [0.25, 0.3) is 0 Å². The monoisotopic (exact) mass is 205 g/mol. The van der Waals surface area contributed by atoms with Gasteiger partial charge < -0.3 is 9.88 Å². The van der Waals surface area contributed by atoms with Gasteiger partial charge in [0.2, 0.25) is 0 Å². The number of hydrogen-bond donors (Lipinski definition) is 1. The molecular weight excluding hydrogens is 186 g/mol. The Bertz CT molecular complexity index is 309. The molecule has 0 saturated heterocycles. The summed E-state index contributed by atoms with van der Waals surface area (Å²) in [6.07, 6.45) is 12.0. The molecule has 0 bridgehead atoms. The number of aryl methyl sites for hydroxylation is 1. The summed E-state index contributed by atoms with van der Waals surface area (Å²) in [5, 5.41) is 3.37. The Morgan fingerprint density at radius 2 is 2.47 bits per heavy atom. The van der Waals surface area contributed by atoms with Gasteiger partial charge in [0, 0.05) is 25.7 Å². The normalized spacial score (nSPS) is 10.1. The Hall–Kier alpha value is -1.27. The van der Waals surface area contributed by atoms with Gasteiger partial charge in [-0.25, -0.2) is 4.98 Å². The van der Waals surface area contributed by atoms with E-state index in [9.17, 15) is 0 Å². The SMILES string of the molecule is C#CCCCNCc1cncn1CCC. The average Bonchev–Trinajstić information content (AvgIpc) is 2.66. The Morgan fingerprint density at radius 1 is 1.60 bits per heavy atom. The summed E-state index contributed by atoms with van der Waals surface area (Å²) in [5.41, 5.74) is 1.25. The van der Waals surface area contributed by atoms with Crippen molar-refractivity contribution >= 4 is 0 Å². The van der Waals surface area contributed by atoms with E-state index in [1.807, 2.05) is 12.5 Å². The maximum atomic E-state index is 5.18. The number of nitrogens with one attached hydrogen (secondary N) is 1. The van der Waals surface area contributed by atoms with E-state index in [1.165, 1.54) is 5.69 Å². The van der Waals surface area contributed by atoms with Gasteiger partial charge in [-0.2, -0.15) is 0 Å². The number of rotatable bonds is 7. The topological polar surface area (TPSA) is 29.9 Å². The van der Waals surface area contributed by atoms with E-state index in [1.54, 1.807) is 0 Å². The third-order valence-corrected chi connectivity index (χ3v) is 2.24. The van der Waals surface area contributed by atoms with Crippen LogP contribution >= 0.6 is 0 Å². The number of imidazole rings is 1. The lowest BCUT2D eigenvalue weighted by atomic mass is 10.3. The minimum absolute atomic E-state index is 0.848. The summed E-state index contributed by atoms with van der Waals surface area (Å²) in [6.45, 7) is 5.07. The van der Waals surface area contributed by atoms with Gasteiger partial charge >= 0.3 is 0 Å². The molecule has 0 aliphatic carbocycles. The van der Waals surface area contributed by atoms with Crippen molar-refractivity contribution in [3.63, 3.8) is 0 Å². The van der Waals surface area contributed by atoms with Crippen LogP contribution in [0.4, 0.5) is 0 Å². The summed E-state index contributed by atoms with van der Waals surface area (Å²) in [5.74, 6) is 2.64. The number of terminal acetylenes is 1. The number of hydrogen-bond acceptors (Lipinski definition) is 2. The molecule has 3 nitrogen and oxygen atoms in total. The molecule has 0 aromatic carbocycles. The third-order valence-electron chi connectivity index (χ3n) is 2.24. The first kappa shape index (κ1) is 11.8. The predicted octanol–water partition coefficient (Wildman–Crippen LogP) is 1.80. The van der Waals surface area contributed by atoms with Crippen LogP contribution < -0.4 is 5.32 Å². The lowest BCUT2D eigenvalue weighted by molar-refractivity contribution is 0.593. The number of nitrogens with zero attached hydrogens (tertiary/aromatic N) is 2. The third kappa shape index (κ3) is 4.18. The van der Waals surface area contributed by atoms with E-state index in [0.717, 1.165) is 38.9 Å². The van der Waals surface area contributed by atoms with Crippen molar-refractivity contribution < 1.29 is 0 Å². The van der Waals surface area contributed by atoms with Crippen molar-refractivity contribution in [2.75, 3.05) is 6.54 Å². The molecule has 0 aliphatic heterocycles. The van der Waals surface area contributed by atoms with E-state index in [-0.39, 0.29) is 0 Å². The van der Waals surface area contributed by atoms with E-state index >= 15 is 0 Å². The second-order valence-corrected chi connectivity index (χ2v) is 3.56. The van der Waals surface area contributed by atoms with E-state index in [4.69, 9.17) is 6.42 Å². The van der Waals surface area contributed by atoms with E-state index in [0.29, 0.717) is 0 Å². The van der Waals surface area contributed by atoms with Crippen LogP contribution in [0.2, 0.25) is 0 Å². The number of aromatic nitrogens is 2. The predicted molar refractivity (Wildman–Crippen MR) is 62.3 cm³/mol. The van der Waals surface area contributed by atoms with Crippen LogP contribution in [0.15, 0.2) is 12.5 Å². The fourth-order valence-corrected chi connectivity index (χ4v) is 1.47. The van der Waals surface area contributed by atoms with Crippen molar-refractivity contribution in [2.24, 2.45) is 0 Å². The first-order chi connectivity index (χ1) is 7.38. The van der Waals surface area contributed by atoms with E-state index in [2.05, 4.69) is 27.7 Å². The molecule has 0 amide bonds. The van der Waals surface area contributed by atoms with Crippen LogP contribution in [0.1, 0.15) is 31.9 Å². The summed E-state index contributed by atoms with van der Waals surface area (Å²) < 4.78 is 2.19. The lowest BCUT2D eigenvalue weighted by Crippen LogP contribution is -2.17. The average molecular weight is 205 g/mol. The second-order valence-electron chi connectivity index (χ2n) is 3.56. The minimum atomic E-state index is 0.848. The Labute approximate surface area is 91.9 Å². The quantitative estimate of drug-likeness (QED) is 0.543. The molecule has 0 unspecified atom stereocenters. The molecule has 0 spiro atoms. The summed E-state index contributed by atoms with van der Waals surface area (Å²) in [6, 6.07) is 0. The van der Waals surface area contributed by atoms with Gasteiger partial charge in [-0.3, -0.25) is 0 Å². The van der Waals surface area contributed by atoms with Crippen molar-refractivity contribution in [3.05, 3.63) is 18.2 Å². The highest BCUT2D eigenvalue weighted by molar-refractivity contribution is 4.97. The van der Waals surface area contributed by atoms with Crippen molar-refractivity contribution in [1.29, 1.82) is 0 Å². The zero-order chi connectivity index (χ0) is 10.9. The highest BCUT2D eigenvalue weighted by Gasteiger charge is 1.99. The molecule has 0 atom stereocenters. The Balaban J connectivity index is 2.25. The van der Waals surface area contributed by atoms with Gasteiger partial charge in [0.1, 0.15) is 0 Å². The standard InChI is InChI=1S/C12H19N3/c1-3-5-6-7-13-9-12-10-14-11-15(12)8-4-2/h1,10-11,13H,4-9H2,2H3. The van der Waals surface area contributed by atoms with Gasteiger partial charge in [-0.05, 0) is 19.4 Å². The summed E-state index contributed by atoms with van der Waals surface area (Å²) >= 11 is 0. The van der Waals surface area contributed by atoms with Crippen molar-refractivity contribution in [1.82, 2.24) is 14.9 Å². The molecule has 3 heteroatoms. The van der Waals surface area contributed by atoms with Crippen LogP contribution in [-0.2, 0) is 13.1 Å². The molecule has 1 heterocycles. The highest BCUT2D eigenvalue weighted by Crippen LogP contribution is 2.00. The second kappa shape index (κ2) is 7.08. The summed E-state index contributed by atoms with van der Waals surface area (Å²) in [4.78, 5) is 4.15. The largest absolute Gasteiger partial charge is 0.333 e. The maximum absolute atomic E-state index is 5.18. The van der Waals surface area contributed by atoms with Gasteiger partial charge in [0.15, 0.2) is 0 Å². The first-order valence-electron chi connectivity index (χ1n) is 5.51. The van der Waals surface area contributed by atoms with Gasteiger partial charge in [0.25, 0.3) is 0 Å². The van der Waals surface area contributed by atoms with Gasteiger partial charge in [-0.15, -0.1) is 12.3 Å². The molecule has 15 heavy (non-hydrogen) atoms. The van der Waals surface area contributed by atoms with Gasteiger partial charge in [-0.1, -0.05) is 6.92 Å². The van der Waals surface area contributed by atoms with Crippen LogP contribution in [-0.4, -0.2) is 16.1 Å². The molecule has 0 aliphatic rings. The zero-order valence-corrected chi connectivity index (χ0v) is 9.37. The van der Waals surface area contributed by atoms with Crippen molar-refractivity contribution in [2.45, 2.75) is 39.3 Å². The van der Waals surface area contributed by atoms with Gasteiger partial charge in [0.05, 0.1) is 12.0 Å². The Kier molecular flexibility index (Phi) is 5.57. The molecular formula is C12H19N3. The minimum Gasteiger partial charge on any atom is -0.333 e. The molecule has 1 aromatic heterocycles. The van der Waals surface area contributed by atoms with Crippen LogP contribution in [0.3, 0.4) is 0 Å². The highest BCUT2D eigenvalue weighted by atomic mass is 15.1. The zero-order valence-electron chi connectivity index (χ0n) is 9.37. The Morgan fingerprint density at radius 3 is 3.20 bits per heavy atom. The van der Waals surface area contributed by atoms with Crippen LogP contribution in [0, 0.1) is 12.3 Å². The molecule has 0 radical (unpaired) electrons. The molecule has 0 saturated carbocycles. The van der Waals surface area contributed by atoms with Crippen molar-refractivity contribution in [3.8, 4) is 12.3 Å². The molecule has 1 aromatic rings. The first-order valence-corrected chi connectivity index (χ1v) is 5.51. The smallest absolute Gasteiger partial charge is 0.0948 e. The number of unbranched alkanes of at least 4 members (excludes halogenated alkanes) is 1. The molecule has 1 rings (SSSR count). The summed E-state index contributed by atoms with van der Waals surface area (Å²) in [7, 11) is 0. The van der Waals surface area contributed by atoms with Crippen LogP contribution in [0.5, 0.6) is 0 Å².